The number of amides is 2. The molecule has 0 aliphatic carbocycles. The molecular weight excluding hydrogens is 376 g/mol. The van der Waals surface area contributed by atoms with Crippen molar-refractivity contribution in [1.29, 1.82) is 0 Å². The molecule has 2 amide bonds. The van der Waals surface area contributed by atoms with Crippen molar-refractivity contribution in [2.45, 2.75) is 26.8 Å². The zero-order valence-electron chi connectivity index (χ0n) is 17.6. The van der Waals surface area contributed by atoms with Gasteiger partial charge in [0.25, 0.3) is 5.91 Å². The maximum Gasteiger partial charge on any atom is 0.271 e. The maximum atomic E-state index is 13.1. The van der Waals surface area contributed by atoms with Crippen LogP contribution in [0.25, 0.3) is 0 Å². The van der Waals surface area contributed by atoms with Crippen molar-refractivity contribution >= 4 is 17.5 Å². The van der Waals surface area contributed by atoms with E-state index in [-0.39, 0.29) is 18.2 Å². The standard InChI is InChI=1S/C24H28N4O2/c1-18-7-9-20(10-8-18)17-26-13-15-27(16-14-26)24(30)21-11-12-23(29)28(25-21)22-6-4-3-5-19(22)2/h3-11,25H,12-17H2,1-2H3/p+1. The van der Waals surface area contributed by atoms with Gasteiger partial charge in [0, 0.05) is 12.0 Å². The Bertz CT molecular complexity index is 959. The zero-order chi connectivity index (χ0) is 21.1. The van der Waals surface area contributed by atoms with Gasteiger partial charge < -0.3 is 9.80 Å². The second-order valence-corrected chi connectivity index (χ2v) is 8.15. The van der Waals surface area contributed by atoms with Crippen molar-refractivity contribution in [3.8, 4) is 0 Å². The number of nitrogens with zero attached hydrogens (tertiary/aromatic N) is 2. The monoisotopic (exact) mass is 405 g/mol. The third-order valence-corrected chi connectivity index (χ3v) is 5.88. The van der Waals surface area contributed by atoms with Gasteiger partial charge in [0.05, 0.1) is 31.9 Å². The van der Waals surface area contributed by atoms with Gasteiger partial charge in [-0.3, -0.25) is 15.0 Å². The highest BCUT2D eigenvalue weighted by Gasteiger charge is 2.30. The number of piperazine rings is 1. The molecule has 156 valence electrons. The van der Waals surface area contributed by atoms with Crippen LogP contribution in [0, 0.1) is 13.8 Å². The topological polar surface area (TPSA) is 57.1 Å². The van der Waals surface area contributed by atoms with Crippen molar-refractivity contribution in [3.05, 3.63) is 77.0 Å². The van der Waals surface area contributed by atoms with E-state index in [1.807, 2.05) is 36.1 Å². The lowest BCUT2D eigenvalue weighted by Crippen LogP contribution is -3.13. The summed E-state index contributed by atoms with van der Waals surface area (Å²) in [5.74, 6) is -0.0938. The molecule has 1 saturated heterocycles. The Kier molecular flexibility index (Phi) is 5.86. The van der Waals surface area contributed by atoms with E-state index in [1.54, 1.807) is 6.08 Å². The quantitative estimate of drug-likeness (QED) is 0.808. The summed E-state index contributed by atoms with van der Waals surface area (Å²) in [6, 6.07) is 16.4. The number of carbonyl (C=O) groups excluding carboxylic acids is 2. The fourth-order valence-electron chi connectivity index (χ4n) is 4.02. The molecule has 0 unspecified atom stereocenters. The van der Waals surface area contributed by atoms with Gasteiger partial charge in [0.1, 0.15) is 12.2 Å². The first-order valence-corrected chi connectivity index (χ1v) is 10.5. The largest absolute Gasteiger partial charge is 0.328 e. The molecule has 2 aliphatic heterocycles. The Balaban J connectivity index is 1.36. The molecule has 6 nitrogen and oxygen atoms in total. The Morgan fingerprint density at radius 2 is 1.73 bits per heavy atom. The molecular formula is C24H29N4O2+. The molecule has 2 aromatic carbocycles. The molecule has 30 heavy (non-hydrogen) atoms. The molecule has 0 atom stereocenters. The molecule has 0 spiro atoms. The minimum absolute atomic E-state index is 0.0320. The van der Waals surface area contributed by atoms with E-state index in [4.69, 9.17) is 0 Å². The van der Waals surface area contributed by atoms with Gasteiger partial charge in [-0.15, -0.1) is 0 Å². The van der Waals surface area contributed by atoms with Crippen LogP contribution in [0.2, 0.25) is 0 Å². The maximum absolute atomic E-state index is 13.1. The van der Waals surface area contributed by atoms with Crippen molar-refractivity contribution in [2.75, 3.05) is 31.2 Å². The van der Waals surface area contributed by atoms with Gasteiger partial charge in [-0.25, -0.2) is 5.01 Å². The summed E-state index contributed by atoms with van der Waals surface area (Å²) in [6.45, 7) is 8.33. The number of quaternary nitrogens is 1. The van der Waals surface area contributed by atoms with Crippen LogP contribution in [0.4, 0.5) is 5.69 Å². The number of hydrogen-bond donors (Lipinski definition) is 2. The first-order chi connectivity index (χ1) is 14.5. The summed E-state index contributed by atoms with van der Waals surface area (Å²) in [4.78, 5) is 28.9. The second-order valence-electron chi connectivity index (χ2n) is 8.15. The van der Waals surface area contributed by atoms with Gasteiger partial charge in [-0.1, -0.05) is 48.0 Å². The minimum Gasteiger partial charge on any atom is -0.328 e. The highest BCUT2D eigenvalue weighted by atomic mass is 16.2. The van der Waals surface area contributed by atoms with E-state index >= 15 is 0 Å². The molecule has 2 aromatic rings. The van der Waals surface area contributed by atoms with E-state index in [9.17, 15) is 9.59 Å². The van der Waals surface area contributed by atoms with Crippen LogP contribution in [0.5, 0.6) is 0 Å². The number of aryl methyl sites for hydroxylation is 2. The van der Waals surface area contributed by atoms with Gasteiger partial charge in [-0.05, 0) is 31.6 Å². The smallest absolute Gasteiger partial charge is 0.271 e. The summed E-state index contributed by atoms with van der Waals surface area (Å²) < 4.78 is 0. The van der Waals surface area contributed by atoms with Crippen molar-refractivity contribution < 1.29 is 14.5 Å². The SMILES string of the molecule is Cc1ccc(C[NH+]2CCN(C(=O)C3=CCC(=O)N(c4ccccc4C)N3)CC2)cc1. The summed E-state index contributed by atoms with van der Waals surface area (Å²) in [5.41, 5.74) is 7.93. The lowest BCUT2D eigenvalue weighted by atomic mass is 10.1. The van der Waals surface area contributed by atoms with E-state index < -0.39 is 0 Å². The predicted molar refractivity (Wildman–Crippen MR) is 117 cm³/mol. The molecule has 6 heteroatoms. The van der Waals surface area contributed by atoms with E-state index in [1.165, 1.54) is 21.0 Å². The highest BCUT2D eigenvalue weighted by molar-refractivity contribution is 6.01. The number of anilines is 1. The van der Waals surface area contributed by atoms with E-state index in [0.717, 1.165) is 44.0 Å². The first-order valence-electron chi connectivity index (χ1n) is 10.5. The Hall–Kier alpha value is -3.12. The average molecular weight is 406 g/mol. The molecule has 1 fully saturated rings. The van der Waals surface area contributed by atoms with Crippen molar-refractivity contribution in [3.63, 3.8) is 0 Å². The van der Waals surface area contributed by atoms with Gasteiger partial charge in [0.15, 0.2) is 0 Å². The molecule has 2 aliphatic rings. The van der Waals surface area contributed by atoms with Crippen LogP contribution in [-0.4, -0.2) is 42.9 Å². The van der Waals surface area contributed by atoms with Crippen LogP contribution in [0.3, 0.4) is 0 Å². The lowest BCUT2D eigenvalue weighted by molar-refractivity contribution is -0.917. The normalized spacial score (nSPS) is 17.5. The fourth-order valence-corrected chi connectivity index (χ4v) is 4.02. The molecule has 0 radical (unpaired) electrons. The molecule has 0 bridgehead atoms. The first kappa shape index (κ1) is 20.2. The third kappa shape index (κ3) is 4.39. The minimum atomic E-state index is -0.0618. The van der Waals surface area contributed by atoms with Crippen LogP contribution in [0.1, 0.15) is 23.1 Å². The summed E-state index contributed by atoms with van der Waals surface area (Å²) >= 11 is 0. The highest BCUT2D eigenvalue weighted by Crippen LogP contribution is 2.22. The molecule has 0 saturated carbocycles. The fraction of sp³-hybridized carbons (Fsp3) is 0.333. The second kappa shape index (κ2) is 8.71. The summed E-state index contributed by atoms with van der Waals surface area (Å²) in [7, 11) is 0. The third-order valence-electron chi connectivity index (χ3n) is 5.88. The molecule has 4 rings (SSSR count). The number of para-hydroxylation sites is 1. The lowest BCUT2D eigenvalue weighted by Gasteiger charge is -2.35. The van der Waals surface area contributed by atoms with Crippen LogP contribution >= 0.6 is 0 Å². The van der Waals surface area contributed by atoms with Gasteiger partial charge in [0.2, 0.25) is 5.91 Å². The van der Waals surface area contributed by atoms with Gasteiger partial charge in [-0.2, -0.15) is 0 Å². The number of benzene rings is 2. The summed E-state index contributed by atoms with van der Waals surface area (Å²) in [6.07, 6.45) is 1.94. The number of rotatable bonds is 4. The number of carbonyl (C=O) groups is 2. The zero-order valence-corrected chi connectivity index (χ0v) is 17.6. The number of hydrazine groups is 1. The summed E-state index contributed by atoms with van der Waals surface area (Å²) in [5, 5.41) is 1.50. The van der Waals surface area contributed by atoms with Crippen molar-refractivity contribution in [1.82, 2.24) is 10.3 Å². The number of nitrogens with one attached hydrogen (secondary N) is 2. The Morgan fingerprint density at radius 3 is 2.43 bits per heavy atom. The average Bonchev–Trinajstić information content (AvgIpc) is 2.76. The van der Waals surface area contributed by atoms with Crippen LogP contribution in [-0.2, 0) is 16.1 Å². The molecule has 0 aromatic heterocycles. The number of hydrogen-bond acceptors (Lipinski definition) is 3. The van der Waals surface area contributed by atoms with Crippen LogP contribution < -0.4 is 15.3 Å². The Morgan fingerprint density at radius 1 is 1.03 bits per heavy atom. The predicted octanol–water partition coefficient (Wildman–Crippen LogP) is 1.36. The van der Waals surface area contributed by atoms with E-state index in [0.29, 0.717) is 5.70 Å². The van der Waals surface area contributed by atoms with Crippen molar-refractivity contribution in [2.24, 2.45) is 0 Å². The molecule has 2 N–H and O–H groups in total. The Labute approximate surface area is 177 Å². The van der Waals surface area contributed by atoms with Gasteiger partial charge >= 0.3 is 0 Å². The molecule has 2 heterocycles. The van der Waals surface area contributed by atoms with E-state index in [2.05, 4.69) is 36.6 Å². The van der Waals surface area contributed by atoms with Crippen LogP contribution in [0.15, 0.2) is 60.3 Å².